The summed E-state index contributed by atoms with van der Waals surface area (Å²) in [6.07, 6.45) is -0.113. The molecule has 0 aromatic heterocycles. The van der Waals surface area contributed by atoms with Gasteiger partial charge in [0, 0.05) is 26.1 Å². The molecule has 2 atom stereocenters. The Morgan fingerprint density at radius 2 is 2.12 bits per heavy atom. The molecule has 6 heteroatoms. The van der Waals surface area contributed by atoms with Gasteiger partial charge in [0.05, 0.1) is 12.2 Å². The van der Waals surface area contributed by atoms with Crippen molar-refractivity contribution in [2.45, 2.75) is 24.3 Å². The monoisotopic (exact) mass is 294 g/mol. The number of hydrogen-bond donors (Lipinski definition) is 1. The van der Waals surface area contributed by atoms with Crippen LogP contribution < -0.4 is 0 Å². The number of carboxylic acids is 1. The third-order valence-corrected chi connectivity index (χ3v) is 4.47. The number of carboxylic acid groups (broad SMARTS) is 1. The zero-order valence-electron chi connectivity index (χ0n) is 9.15. The summed E-state index contributed by atoms with van der Waals surface area (Å²) < 4.78 is 11.8. The number of rotatable bonds is 5. The summed E-state index contributed by atoms with van der Waals surface area (Å²) >= 11 is 11.7. The van der Waals surface area contributed by atoms with Gasteiger partial charge in [-0.2, -0.15) is 0 Å². The number of hydrogen-bond acceptors (Lipinski definition) is 2. The molecule has 0 amide bonds. The average Bonchev–Trinajstić information content (AvgIpc) is 2.21. The van der Waals surface area contributed by atoms with Gasteiger partial charge < -0.3 is 5.11 Å². The van der Waals surface area contributed by atoms with Crippen LogP contribution in [-0.2, 0) is 21.3 Å². The van der Waals surface area contributed by atoms with Gasteiger partial charge in [0.2, 0.25) is 0 Å². The predicted molar refractivity (Wildman–Crippen MR) is 70.0 cm³/mol. The fourth-order valence-corrected chi connectivity index (χ4v) is 3.00. The molecule has 2 unspecified atom stereocenters. The van der Waals surface area contributed by atoms with Crippen molar-refractivity contribution in [3.63, 3.8) is 0 Å². The lowest BCUT2D eigenvalue weighted by molar-refractivity contribution is -0.136. The Balaban J connectivity index is 2.71. The molecule has 94 valence electrons. The Morgan fingerprint density at radius 1 is 1.47 bits per heavy atom. The van der Waals surface area contributed by atoms with E-state index in [2.05, 4.69) is 0 Å². The predicted octanol–water partition coefficient (Wildman–Crippen LogP) is 3.11. The SMILES string of the molecule is CC(CC(=O)O)S(=O)Cc1ccc(Cl)cc1Cl. The quantitative estimate of drug-likeness (QED) is 0.908. The van der Waals surface area contributed by atoms with Gasteiger partial charge in [-0.3, -0.25) is 9.00 Å². The first-order valence-electron chi connectivity index (χ1n) is 4.93. The van der Waals surface area contributed by atoms with Crippen LogP contribution in [0.3, 0.4) is 0 Å². The lowest BCUT2D eigenvalue weighted by Crippen LogP contribution is -2.17. The second-order valence-electron chi connectivity index (χ2n) is 3.67. The molecule has 0 fully saturated rings. The molecule has 17 heavy (non-hydrogen) atoms. The maximum Gasteiger partial charge on any atom is 0.304 e. The lowest BCUT2D eigenvalue weighted by Gasteiger charge is -2.10. The van der Waals surface area contributed by atoms with E-state index in [0.717, 1.165) is 0 Å². The maximum atomic E-state index is 11.8. The molecule has 0 heterocycles. The van der Waals surface area contributed by atoms with Crippen LogP contribution in [0.1, 0.15) is 18.9 Å². The molecule has 0 aliphatic rings. The minimum Gasteiger partial charge on any atom is -0.481 e. The van der Waals surface area contributed by atoms with Crippen molar-refractivity contribution >= 4 is 40.0 Å². The molecule has 0 aliphatic carbocycles. The van der Waals surface area contributed by atoms with Gasteiger partial charge >= 0.3 is 5.97 Å². The van der Waals surface area contributed by atoms with Crippen LogP contribution in [0.25, 0.3) is 0 Å². The highest BCUT2D eigenvalue weighted by atomic mass is 35.5. The van der Waals surface area contributed by atoms with Crippen LogP contribution in [0.15, 0.2) is 18.2 Å². The summed E-state index contributed by atoms with van der Waals surface area (Å²) in [5.74, 6) is -0.710. The van der Waals surface area contributed by atoms with Crippen molar-refractivity contribution in [1.82, 2.24) is 0 Å². The van der Waals surface area contributed by atoms with E-state index >= 15 is 0 Å². The van der Waals surface area contributed by atoms with E-state index in [1.807, 2.05) is 0 Å². The van der Waals surface area contributed by atoms with Crippen molar-refractivity contribution in [1.29, 1.82) is 0 Å². The molecule has 0 saturated heterocycles. The van der Waals surface area contributed by atoms with E-state index in [9.17, 15) is 9.00 Å². The third kappa shape index (κ3) is 4.66. The van der Waals surface area contributed by atoms with Gasteiger partial charge in [0.15, 0.2) is 0 Å². The van der Waals surface area contributed by atoms with Crippen LogP contribution in [0.2, 0.25) is 10.0 Å². The molecule has 1 aromatic carbocycles. The molecule has 3 nitrogen and oxygen atoms in total. The van der Waals surface area contributed by atoms with E-state index in [1.165, 1.54) is 0 Å². The summed E-state index contributed by atoms with van der Waals surface area (Å²) in [7, 11) is -1.26. The average molecular weight is 295 g/mol. The first-order chi connectivity index (χ1) is 7.90. The standard InChI is InChI=1S/C11H12Cl2O3S/c1-7(4-11(14)15)17(16)6-8-2-3-9(12)5-10(8)13/h2-3,5,7H,4,6H2,1H3,(H,14,15). The Morgan fingerprint density at radius 3 is 2.65 bits per heavy atom. The second kappa shape index (κ2) is 6.38. The summed E-state index contributed by atoms with van der Waals surface area (Å²) in [5, 5.41) is 9.18. The largest absolute Gasteiger partial charge is 0.481 e. The van der Waals surface area contributed by atoms with Gasteiger partial charge in [-0.25, -0.2) is 0 Å². The molecule has 1 N–H and O–H groups in total. The van der Waals surface area contributed by atoms with Crippen molar-refractivity contribution < 1.29 is 14.1 Å². The van der Waals surface area contributed by atoms with Crippen LogP contribution in [0.5, 0.6) is 0 Å². The Kier molecular flexibility index (Phi) is 5.43. The third-order valence-electron chi connectivity index (χ3n) is 2.22. The van der Waals surface area contributed by atoms with E-state index in [0.29, 0.717) is 15.6 Å². The summed E-state index contributed by atoms with van der Waals surface area (Å²) in [6.45, 7) is 1.65. The van der Waals surface area contributed by atoms with Gasteiger partial charge in [-0.05, 0) is 17.7 Å². The molecule has 0 saturated carbocycles. The normalized spacial score (nSPS) is 14.3. The molecule has 1 aromatic rings. The highest BCUT2D eigenvalue weighted by Gasteiger charge is 2.16. The van der Waals surface area contributed by atoms with E-state index in [4.69, 9.17) is 28.3 Å². The molecule has 0 radical (unpaired) electrons. The Bertz CT molecular complexity index is 448. The zero-order valence-corrected chi connectivity index (χ0v) is 11.5. The highest BCUT2D eigenvalue weighted by molar-refractivity contribution is 7.84. The van der Waals surface area contributed by atoms with Crippen molar-refractivity contribution in [2.75, 3.05) is 0 Å². The Labute approximate surface area is 112 Å². The van der Waals surface area contributed by atoms with E-state index in [1.54, 1.807) is 25.1 Å². The van der Waals surface area contributed by atoms with Crippen LogP contribution in [-0.4, -0.2) is 20.5 Å². The van der Waals surface area contributed by atoms with Gasteiger partial charge in [0.25, 0.3) is 0 Å². The summed E-state index contributed by atoms with van der Waals surface area (Å²) in [6, 6.07) is 4.95. The smallest absolute Gasteiger partial charge is 0.304 e. The highest BCUT2D eigenvalue weighted by Crippen LogP contribution is 2.23. The van der Waals surface area contributed by atoms with Gasteiger partial charge in [0.1, 0.15) is 0 Å². The van der Waals surface area contributed by atoms with Gasteiger partial charge in [-0.15, -0.1) is 0 Å². The molecular weight excluding hydrogens is 283 g/mol. The van der Waals surface area contributed by atoms with Crippen molar-refractivity contribution in [2.24, 2.45) is 0 Å². The number of benzene rings is 1. The topological polar surface area (TPSA) is 54.4 Å². The maximum absolute atomic E-state index is 11.8. The molecule has 0 spiro atoms. The fraction of sp³-hybridized carbons (Fsp3) is 0.364. The van der Waals surface area contributed by atoms with Crippen LogP contribution >= 0.6 is 23.2 Å². The van der Waals surface area contributed by atoms with Crippen molar-refractivity contribution in [3.8, 4) is 0 Å². The number of carbonyl (C=O) groups is 1. The van der Waals surface area contributed by atoms with E-state index in [-0.39, 0.29) is 12.2 Å². The molecule has 1 rings (SSSR count). The van der Waals surface area contributed by atoms with Gasteiger partial charge in [-0.1, -0.05) is 36.2 Å². The fourth-order valence-electron chi connectivity index (χ4n) is 1.27. The molecule has 0 bridgehead atoms. The van der Waals surface area contributed by atoms with Crippen molar-refractivity contribution in [3.05, 3.63) is 33.8 Å². The first kappa shape index (κ1) is 14.5. The van der Waals surface area contributed by atoms with Crippen LogP contribution in [0.4, 0.5) is 0 Å². The molecular formula is C11H12Cl2O3S. The molecule has 0 aliphatic heterocycles. The van der Waals surface area contributed by atoms with E-state index < -0.39 is 22.0 Å². The van der Waals surface area contributed by atoms with Crippen LogP contribution in [0, 0.1) is 0 Å². The first-order valence-corrected chi connectivity index (χ1v) is 7.07. The summed E-state index contributed by atoms with van der Waals surface area (Å²) in [5.41, 5.74) is 0.714. The minimum atomic E-state index is -1.26. The second-order valence-corrected chi connectivity index (χ2v) is 6.37. The number of aliphatic carboxylic acids is 1. The number of halogens is 2. The minimum absolute atomic E-state index is 0.113. The lowest BCUT2D eigenvalue weighted by atomic mass is 10.2. The summed E-state index contributed by atoms with van der Waals surface area (Å²) in [4.78, 5) is 10.5. The zero-order chi connectivity index (χ0) is 13.0. The Hall–Kier alpha value is -0.580.